The average molecular weight is 312 g/mol. The van der Waals surface area contributed by atoms with Crippen molar-refractivity contribution in [1.29, 1.82) is 0 Å². The Kier molecular flexibility index (Phi) is 6.48. The molecule has 0 bridgehead atoms. The first kappa shape index (κ1) is 16.9. The zero-order chi connectivity index (χ0) is 16.5. The Bertz CT molecular complexity index is 625. The molecule has 0 N–H and O–H groups in total. The third kappa shape index (κ3) is 5.66. The standard InChI is InChI=1S/C19H24N2O2/c1-4-22-19-14-17(15-20-21(2)3)10-11-18(19)23-13-12-16-8-6-5-7-9-16/h5-11,14-15H,4,12-13H2,1-3H3/b20-15+. The highest BCUT2D eigenvalue weighted by atomic mass is 16.5. The lowest BCUT2D eigenvalue weighted by atomic mass is 10.2. The zero-order valence-corrected chi connectivity index (χ0v) is 14.0. The van der Waals surface area contributed by atoms with Gasteiger partial charge in [0.1, 0.15) is 0 Å². The van der Waals surface area contributed by atoms with Gasteiger partial charge in [0.05, 0.1) is 19.4 Å². The van der Waals surface area contributed by atoms with Crippen molar-refractivity contribution in [3.05, 3.63) is 59.7 Å². The van der Waals surface area contributed by atoms with Gasteiger partial charge in [-0.25, -0.2) is 0 Å². The third-order valence-corrected chi connectivity index (χ3v) is 3.20. The number of nitrogens with zero attached hydrogens (tertiary/aromatic N) is 2. The van der Waals surface area contributed by atoms with Crippen molar-refractivity contribution in [2.45, 2.75) is 13.3 Å². The van der Waals surface area contributed by atoms with E-state index in [9.17, 15) is 0 Å². The van der Waals surface area contributed by atoms with Crippen molar-refractivity contribution >= 4 is 6.21 Å². The maximum absolute atomic E-state index is 5.89. The molecule has 2 rings (SSSR count). The Morgan fingerprint density at radius 3 is 2.48 bits per heavy atom. The van der Waals surface area contributed by atoms with E-state index in [1.165, 1.54) is 5.56 Å². The predicted molar refractivity (Wildman–Crippen MR) is 94.5 cm³/mol. The van der Waals surface area contributed by atoms with Crippen molar-refractivity contribution < 1.29 is 9.47 Å². The summed E-state index contributed by atoms with van der Waals surface area (Å²) in [7, 11) is 3.78. The smallest absolute Gasteiger partial charge is 0.161 e. The van der Waals surface area contributed by atoms with Gasteiger partial charge in [-0.15, -0.1) is 0 Å². The number of hydrogen-bond acceptors (Lipinski definition) is 4. The summed E-state index contributed by atoms with van der Waals surface area (Å²) in [6.07, 6.45) is 2.67. The van der Waals surface area contributed by atoms with Crippen LogP contribution in [0.5, 0.6) is 11.5 Å². The Labute approximate surface area is 138 Å². The van der Waals surface area contributed by atoms with E-state index in [0.29, 0.717) is 13.2 Å². The van der Waals surface area contributed by atoms with Crippen LogP contribution in [-0.4, -0.2) is 38.5 Å². The summed E-state index contributed by atoms with van der Waals surface area (Å²) in [5.74, 6) is 1.52. The van der Waals surface area contributed by atoms with Gasteiger partial charge in [0, 0.05) is 20.5 Å². The minimum Gasteiger partial charge on any atom is -0.490 e. The topological polar surface area (TPSA) is 34.1 Å². The Balaban J connectivity index is 2.02. The molecule has 0 unspecified atom stereocenters. The second kappa shape index (κ2) is 8.83. The molecule has 0 amide bonds. The largest absolute Gasteiger partial charge is 0.490 e. The summed E-state index contributed by atoms with van der Waals surface area (Å²) in [6.45, 7) is 3.19. The summed E-state index contributed by atoms with van der Waals surface area (Å²) < 4.78 is 11.6. The minimum absolute atomic E-state index is 0.601. The van der Waals surface area contributed by atoms with E-state index in [-0.39, 0.29) is 0 Å². The summed E-state index contributed by atoms with van der Waals surface area (Å²) >= 11 is 0. The van der Waals surface area contributed by atoms with Crippen LogP contribution in [0.4, 0.5) is 0 Å². The van der Waals surface area contributed by atoms with Crippen molar-refractivity contribution in [1.82, 2.24) is 5.01 Å². The van der Waals surface area contributed by atoms with Crippen LogP contribution < -0.4 is 9.47 Å². The molecule has 4 nitrogen and oxygen atoms in total. The fourth-order valence-corrected chi connectivity index (χ4v) is 2.10. The van der Waals surface area contributed by atoms with Crippen LogP contribution in [0.2, 0.25) is 0 Å². The summed E-state index contributed by atoms with van der Waals surface area (Å²) in [5.41, 5.74) is 2.25. The maximum atomic E-state index is 5.89. The third-order valence-electron chi connectivity index (χ3n) is 3.20. The van der Waals surface area contributed by atoms with E-state index in [4.69, 9.17) is 9.47 Å². The lowest BCUT2D eigenvalue weighted by Crippen LogP contribution is -2.05. The van der Waals surface area contributed by atoms with Crippen LogP contribution >= 0.6 is 0 Å². The molecule has 0 saturated carbocycles. The van der Waals surface area contributed by atoms with E-state index < -0.39 is 0 Å². The SMILES string of the molecule is CCOc1cc(/C=N/N(C)C)ccc1OCCc1ccccc1. The van der Waals surface area contributed by atoms with E-state index in [2.05, 4.69) is 17.2 Å². The zero-order valence-electron chi connectivity index (χ0n) is 14.0. The van der Waals surface area contributed by atoms with Crippen LogP contribution in [0.15, 0.2) is 53.6 Å². The monoisotopic (exact) mass is 312 g/mol. The first-order valence-corrected chi connectivity index (χ1v) is 7.84. The number of ether oxygens (including phenoxy) is 2. The number of hydrogen-bond donors (Lipinski definition) is 0. The van der Waals surface area contributed by atoms with Crippen molar-refractivity contribution in [3.63, 3.8) is 0 Å². The van der Waals surface area contributed by atoms with E-state index >= 15 is 0 Å². The van der Waals surface area contributed by atoms with Gasteiger partial charge in [0.15, 0.2) is 11.5 Å². The lowest BCUT2D eigenvalue weighted by Gasteiger charge is -2.13. The Morgan fingerprint density at radius 2 is 1.78 bits per heavy atom. The Hall–Kier alpha value is -2.49. The van der Waals surface area contributed by atoms with Gasteiger partial charge in [0.25, 0.3) is 0 Å². The normalized spacial score (nSPS) is 10.7. The van der Waals surface area contributed by atoms with E-state index in [0.717, 1.165) is 23.5 Å². The molecule has 0 aliphatic rings. The van der Waals surface area contributed by atoms with Gasteiger partial charge in [0.2, 0.25) is 0 Å². The summed E-state index contributed by atoms with van der Waals surface area (Å²) in [5, 5.41) is 5.99. The van der Waals surface area contributed by atoms with Gasteiger partial charge in [-0.3, -0.25) is 0 Å². The molecule has 2 aromatic carbocycles. The summed E-state index contributed by atoms with van der Waals surface area (Å²) in [4.78, 5) is 0. The number of hydrazone groups is 1. The van der Waals surface area contributed by atoms with Crippen molar-refractivity contribution in [3.8, 4) is 11.5 Å². The molecule has 0 aromatic heterocycles. The molecule has 2 aromatic rings. The molecule has 4 heteroatoms. The quantitative estimate of drug-likeness (QED) is 0.552. The van der Waals surface area contributed by atoms with Crippen LogP contribution in [0.1, 0.15) is 18.1 Å². The van der Waals surface area contributed by atoms with Gasteiger partial charge in [-0.05, 0) is 36.2 Å². The maximum Gasteiger partial charge on any atom is 0.161 e. The molecular weight excluding hydrogens is 288 g/mol. The highest BCUT2D eigenvalue weighted by molar-refractivity contribution is 5.80. The molecule has 0 saturated heterocycles. The molecular formula is C19H24N2O2. The second-order valence-corrected chi connectivity index (χ2v) is 5.32. The second-order valence-electron chi connectivity index (χ2n) is 5.32. The highest BCUT2D eigenvalue weighted by Gasteiger charge is 2.06. The molecule has 122 valence electrons. The van der Waals surface area contributed by atoms with Crippen molar-refractivity contribution in [2.24, 2.45) is 5.10 Å². The molecule has 0 aliphatic heterocycles. The molecule has 0 radical (unpaired) electrons. The molecule has 0 spiro atoms. The van der Waals surface area contributed by atoms with E-state index in [1.54, 1.807) is 11.2 Å². The highest BCUT2D eigenvalue weighted by Crippen LogP contribution is 2.28. The lowest BCUT2D eigenvalue weighted by molar-refractivity contribution is 0.279. The minimum atomic E-state index is 0.601. The van der Waals surface area contributed by atoms with Crippen LogP contribution in [0.25, 0.3) is 0 Å². The van der Waals surface area contributed by atoms with Gasteiger partial charge in [-0.1, -0.05) is 30.3 Å². The van der Waals surface area contributed by atoms with E-state index in [1.807, 2.05) is 57.4 Å². The molecule has 0 fully saturated rings. The predicted octanol–water partition coefficient (Wildman–Crippen LogP) is 3.60. The fraction of sp³-hybridized carbons (Fsp3) is 0.316. The molecule has 0 atom stereocenters. The fourth-order valence-electron chi connectivity index (χ4n) is 2.10. The Morgan fingerprint density at radius 1 is 1.00 bits per heavy atom. The summed E-state index contributed by atoms with van der Waals surface area (Å²) in [6, 6.07) is 16.2. The van der Waals surface area contributed by atoms with Crippen LogP contribution in [0.3, 0.4) is 0 Å². The van der Waals surface area contributed by atoms with Gasteiger partial charge in [-0.2, -0.15) is 5.10 Å². The van der Waals surface area contributed by atoms with Crippen molar-refractivity contribution in [2.75, 3.05) is 27.3 Å². The first-order chi connectivity index (χ1) is 11.2. The molecule has 23 heavy (non-hydrogen) atoms. The van der Waals surface area contributed by atoms with Crippen LogP contribution in [0, 0.1) is 0 Å². The van der Waals surface area contributed by atoms with Crippen LogP contribution in [-0.2, 0) is 6.42 Å². The van der Waals surface area contributed by atoms with Gasteiger partial charge >= 0.3 is 0 Å². The first-order valence-electron chi connectivity index (χ1n) is 7.84. The molecule has 0 aliphatic carbocycles. The number of rotatable bonds is 8. The van der Waals surface area contributed by atoms with Gasteiger partial charge < -0.3 is 14.5 Å². The molecule has 0 heterocycles. The average Bonchev–Trinajstić information content (AvgIpc) is 2.56. The number of benzene rings is 2.